The molecule has 0 amide bonds. The van der Waals surface area contributed by atoms with Crippen molar-refractivity contribution in [2.24, 2.45) is 0 Å². The molecule has 1 heteroatoms. The molecule has 1 heterocycles. The average molecular weight is 168 g/mol. The Morgan fingerprint density at radius 2 is 2.15 bits per heavy atom. The van der Waals surface area contributed by atoms with E-state index in [0.717, 1.165) is 5.56 Å². The van der Waals surface area contributed by atoms with E-state index in [0.29, 0.717) is 0 Å². The standard InChI is InChI=1S/C12H10N/c1-10-9-13-8-7-12(10)11-5-3-2-4-6-11/h2-5,7-9H,1H3. The van der Waals surface area contributed by atoms with E-state index in [2.05, 4.69) is 24.0 Å². The van der Waals surface area contributed by atoms with Gasteiger partial charge in [-0.25, -0.2) is 0 Å². The topological polar surface area (TPSA) is 12.9 Å². The Morgan fingerprint density at radius 3 is 2.85 bits per heavy atom. The summed E-state index contributed by atoms with van der Waals surface area (Å²) < 4.78 is 0. The summed E-state index contributed by atoms with van der Waals surface area (Å²) in [5.74, 6) is 0. The molecule has 0 bridgehead atoms. The van der Waals surface area contributed by atoms with Gasteiger partial charge in [-0.3, -0.25) is 4.98 Å². The van der Waals surface area contributed by atoms with Crippen LogP contribution in [0.5, 0.6) is 0 Å². The van der Waals surface area contributed by atoms with Crippen molar-refractivity contribution in [2.75, 3.05) is 0 Å². The van der Waals surface area contributed by atoms with Crippen molar-refractivity contribution in [1.29, 1.82) is 0 Å². The summed E-state index contributed by atoms with van der Waals surface area (Å²) in [7, 11) is 0. The van der Waals surface area contributed by atoms with E-state index in [4.69, 9.17) is 0 Å². The number of aryl methyl sites for hydroxylation is 1. The fourth-order valence-corrected chi connectivity index (χ4v) is 1.34. The van der Waals surface area contributed by atoms with Crippen molar-refractivity contribution in [1.82, 2.24) is 4.98 Å². The number of hydrogen-bond donors (Lipinski definition) is 0. The minimum absolute atomic E-state index is 1.13. The van der Waals surface area contributed by atoms with Crippen molar-refractivity contribution in [3.05, 3.63) is 54.4 Å². The van der Waals surface area contributed by atoms with Crippen molar-refractivity contribution in [2.45, 2.75) is 6.92 Å². The first-order chi connectivity index (χ1) is 6.38. The SMILES string of the molecule is Cc1cnccc1-c1[c]cccc1. The predicted molar refractivity (Wildman–Crippen MR) is 53.2 cm³/mol. The van der Waals surface area contributed by atoms with Crippen LogP contribution in [-0.4, -0.2) is 4.98 Å². The predicted octanol–water partition coefficient (Wildman–Crippen LogP) is 2.86. The Bertz CT molecular complexity index is 393. The van der Waals surface area contributed by atoms with E-state index in [-0.39, 0.29) is 0 Å². The number of pyridine rings is 1. The van der Waals surface area contributed by atoms with Crippen LogP contribution in [0, 0.1) is 13.0 Å². The van der Waals surface area contributed by atoms with Gasteiger partial charge in [0, 0.05) is 12.4 Å². The highest BCUT2D eigenvalue weighted by molar-refractivity contribution is 5.65. The van der Waals surface area contributed by atoms with Gasteiger partial charge in [0.1, 0.15) is 0 Å². The Labute approximate surface area is 78.1 Å². The highest BCUT2D eigenvalue weighted by atomic mass is 14.6. The lowest BCUT2D eigenvalue weighted by molar-refractivity contribution is 1.27. The molecule has 0 aliphatic rings. The molecule has 1 radical (unpaired) electrons. The Morgan fingerprint density at radius 1 is 1.23 bits per heavy atom. The molecule has 0 aliphatic heterocycles. The molecule has 0 atom stereocenters. The zero-order valence-corrected chi connectivity index (χ0v) is 7.49. The van der Waals surface area contributed by atoms with Gasteiger partial charge in [0.2, 0.25) is 0 Å². The van der Waals surface area contributed by atoms with Crippen molar-refractivity contribution in [3.8, 4) is 11.1 Å². The van der Waals surface area contributed by atoms with Crippen LogP contribution in [-0.2, 0) is 0 Å². The van der Waals surface area contributed by atoms with E-state index in [1.165, 1.54) is 11.1 Å². The molecule has 2 aromatic rings. The molecule has 1 aromatic carbocycles. The molecular formula is C12H10N. The molecule has 0 saturated carbocycles. The van der Waals surface area contributed by atoms with Crippen LogP contribution in [0.3, 0.4) is 0 Å². The highest BCUT2D eigenvalue weighted by Gasteiger charge is 1.98. The zero-order valence-electron chi connectivity index (χ0n) is 7.49. The van der Waals surface area contributed by atoms with Crippen LogP contribution in [0.1, 0.15) is 5.56 Å². The maximum absolute atomic E-state index is 4.06. The zero-order chi connectivity index (χ0) is 9.10. The summed E-state index contributed by atoms with van der Waals surface area (Å²) in [6.07, 6.45) is 3.68. The number of benzene rings is 1. The second-order valence-corrected chi connectivity index (χ2v) is 2.97. The fourth-order valence-electron chi connectivity index (χ4n) is 1.34. The Hall–Kier alpha value is -1.63. The number of rotatable bonds is 1. The Balaban J connectivity index is 2.54. The quantitative estimate of drug-likeness (QED) is 0.638. The summed E-state index contributed by atoms with van der Waals surface area (Å²) in [5, 5.41) is 0. The monoisotopic (exact) mass is 168 g/mol. The Kier molecular flexibility index (Phi) is 2.09. The lowest BCUT2D eigenvalue weighted by Gasteiger charge is -2.03. The first kappa shape index (κ1) is 7.99. The third-order valence-corrected chi connectivity index (χ3v) is 2.02. The van der Waals surface area contributed by atoms with Gasteiger partial charge in [-0.15, -0.1) is 0 Å². The molecular weight excluding hydrogens is 158 g/mol. The molecule has 1 nitrogen and oxygen atoms in total. The van der Waals surface area contributed by atoms with Gasteiger partial charge in [-0.1, -0.05) is 24.3 Å². The first-order valence-electron chi connectivity index (χ1n) is 4.25. The van der Waals surface area contributed by atoms with Gasteiger partial charge in [0.25, 0.3) is 0 Å². The first-order valence-corrected chi connectivity index (χ1v) is 4.25. The molecule has 0 unspecified atom stereocenters. The van der Waals surface area contributed by atoms with Crippen LogP contribution in [0.25, 0.3) is 11.1 Å². The van der Waals surface area contributed by atoms with Crippen LogP contribution in [0.4, 0.5) is 0 Å². The highest BCUT2D eigenvalue weighted by Crippen LogP contribution is 2.20. The van der Waals surface area contributed by atoms with Gasteiger partial charge in [-0.2, -0.15) is 0 Å². The van der Waals surface area contributed by atoms with E-state index >= 15 is 0 Å². The van der Waals surface area contributed by atoms with Crippen molar-refractivity contribution in [3.63, 3.8) is 0 Å². The molecule has 13 heavy (non-hydrogen) atoms. The summed E-state index contributed by atoms with van der Waals surface area (Å²) in [6, 6.07) is 13.2. The maximum atomic E-state index is 4.06. The molecule has 0 spiro atoms. The molecule has 1 aromatic heterocycles. The third-order valence-electron chi connectivity index (χ3n) is 2.02. The second-order valence-electron chi connectivity index (χ2n) is 2.97. The van der Waals surface area contributed by atoms with Crippen LogP contribution in [0.2, 0.25) is 0 Å². The maximum Gasteiger partial charge on any atom is 0.0303 e. The van der Waals surface area contributed by atoms with Gasteiger partial charge >= 0.3 is 0 Å². The normalized spacial score (nSPS) is 9.92. The van der Waals surface area contributed by atoms with Crippen molar-refractivity contribution < 1.29 is 0 Å². The largest absolute Gasteiger partial charge is 0.264 e. The summed E-state index contributed by atoms with van der Waals surface area (Å²) in [5.41, 5.74) is 3.52. The second kappa shape index (κ2) is 3.40. The minimum atomic E-state index is 1.13. The lowest BCUT2D eigenvalue weighted by atomic mass is 10.0. The van der Waals surface area contributed by atoms with E-state index in [9.17, 15) is 0 Å². The van der Waals surface area contributed by atoms with Crippen LogP contribution < -0.4 is 0 Å². The number of nitrogens with zero attached hydrogens (tertiary/aromatic N) is 1. The molecule has 0 saturated heterocycles. The molecule has 0 aliphatic carbocycles. The van der Waals surface area contributed by atoms with Crippen LogP contribution in [0.15, 0.2) is 42.7 Å². The number of hydrogen-bond acceptors (Lipinski definition) is 1. The molecule has 0 fully saturated rings. The molecule has 0 N–H and O–H groups in total. The van der Waals surface area contributed by atoms with Crippen molar-refractivity contribution >= 4 is 0 Å². The van der Waals surface area contributed by atoms with E-state index < -0.39 is 0 Å². The van der Waals surface area contributed by atoms with Gasteiger partial charge in [0.05, 0.1) is 0 Å². The van der Waals surface area contributed by atoms with Gasteiger partial charge < -0.3 is 0 Å². The van der Waals surface area contributed by atoms with Gasteiger partial charge in [-0.05, 0) is 35.7 Å². The lowest BCUT2D eigenvalue weighted by Crippen LogP contribution is -1.83. The fraction of sp³-hybridized carbons (Fsp3) is 0.0833. The third kappa shape index (κ3) is 1.59. The average Bonchev–Trinajstić information content (AvgIpc) is 2.20. The van der Waals surface area contributed by atoms with E-state index in [1.807, 2.05) is 36.7 Å². The summed E-state index contributed by atoms with van der Waals surface area (Å²) in [4.78, 5) is 4.06. The van der Waals surface area contributed by atoms with E-state index in [1.54, 1.807) is 0 Å². The van der Waals surface area contributed by atoms with Crippen LogP contribution >= 0.6 is 0 Å². The summed E-state index contributed by atoms with van der Waals surface area (Å²) >= 11 is 0. The summed E-state index contributed by atoms with van der Waals surface area (Å²) in [6.45, 7) is 2.06. The minimum Gasteiger partial charge on any atom is -0.264 e. The molecule has 2 rings (SSSR count). The number of aromatic nitrogens is 1. The molecule has 63 valence electrons. The van der Waals surface area contributed by atoms with Gasteiger partial charge in [0.15, 0.2) is 0 Å². The smallest absolute Gasteiger partial charge is 0.0303 e.